The van der Waals surface area contributed by atoms with Crippen molar-refractivity contribution in [2.24, 2.45) is 5.16 Å². The number of amides is 2. The van der Waals surface area contributed by atoms with Crippen LogP contribution < -0.4 is 10.6 Å². The number of nitrogens with zero attached hydrogens (tertiary/aromatic N) is 1. The standard InChI is InChI=1S/C25H47N3O3/c1-2-3-4-5-6-7-8-9-10-11-12-13-14-15-16-18-22-27-25(30)31-28-23-20-17-19-21-26-24(23)29/h2-22H2,1H3,(H,26,29)(H,27,30). The molecule has 0 aromatic heterocycles. The average Bonchev–Trinajstić information content (AvgIpc) is 2.98. The van der Waals surface area contributed by atoms with E-state index in [-0.39, 0.29) is 5.91 Å². The quantitative estimate of drug-likeness (QED) is 0.143. The molecule has 31 heavy (non-hydrogen) atoms. The average molecular weight is 438 g/mol. The largest absolute Gasteiger partial charge is 0.433 e. The molecule has 0 aromatic rings. The summed E-state index contributed by atoms with van der Waals surface area (Å²) in [5, 5.41) is 9.15. The first kappa shape index (κ1) is 27.4. The third-order valence-electron chi connectivity index (χ3n) is 5.93. The Morgan fingerprint density at radius 3 is 1.90 bits per heavy atom. The van der Waals surface area contributed by atoms with Crippen LogP contribution >= 0.6 is 0 Å². The number of carbonyl (C=O) groups excluding carboxylic acids is 2. The summed E-state index contributed by atoms with van der Waals surface area (Å²) < 4.78 is 0. The van der Waals surface area contributed by atoms with E-state index in [9.17, 15) is 9.59 Å². The lowest BCUT2D eigenvalue weighted by Gasteiger charge is -2.05. The van der Waals surface area contributed by atoms with Crippen molar-refractivity contribution in [1.29, 1.82) is 0 Å². The highest BCUT2D eigenvalue weighted by Crippen LogP contribution is 2.13. The van der Waals surface area contributed by atoms with Crippen LogP contribution in [0.2, 0.25) is 0 Å². The molecule has 6 heteroatoms. The van der Waals surface area contributed by atoms with Gasteiger partial charge in [0.25, 0.3) is 5.91 Å². The lowest BCUT2D eigenvalue weighted by molar-refractivity contribution is -0.114. The fourth-order valence-electron chi connectivity index (χ4n) is 3.91. The Labute approximate surface area is 190 Å². The predicted molar refractivity (Wildman–Crippen MR) is 128 cm³/mol. The van der Waals surface area contributed by atoms with Crippen LogP contribution in [-0.2, 0) is 9.63 Å². The zero-order chi connectivity index (χ0) is 22.4. The number of rotatable bonds is 18. The fraction of sp³-hybridized carbons (Fsp3) is 0.880. The van der Waals surface area contributed by atoms with Crippen LogP contribution in [0.4, 0.5) is 4.79 Å². The second kappa shape index (κ2) is 20.3. The van der Waals surface area contributed by atoms with Crippen molar-refractivity contribution in [3.05, 3.63) is 0 Å². The molecule has 180 valence electrons. The van der Waals surface area contributed by atoms with Crippen molar-refractivity contribution in [1.82, 2.24) is 10.6 Å². The van der Waals surface area contributed by atoms with Crippen LogP contribution in [0.15, 0.2) is 5.16 Å². The van der Waals surface area contributed by atoms with Gasteiger partial charge in [0.2, 0.25) is 0 Å². The minimum absolute atomic E-state index is 0.233. The predicted octanol–water partition coefficient (Wildman–Crippen LogP) is 6.63. The molecular formula is C25H47N3O3. The second-order valence-corrected chi connectivity index (χ2v) is 8.86. The van der Waals surface area contributed by atoms with E-state index in [1.165, 1.54) is 89.9 Å². The highest BCUT2D eigenvalue weighted by molar-refractivity contribution is 6.38. The molecule has 1 saturated heterocycles. The Hall–Kier alpha value is -1.59. The minimum Gasteiger partial charge on any atom is -0.351 e. The molecule has 6 nitrogen and oxygen atoms in total. The van der Waals surface area contributed by atoms with E-state index in [1.54, 1.807) is 0 Å². The van der Waals surface area contributed by atoms with Crippen molar-refractivity contribution in [2.75, 3.05) is 13.1 Å². The molecule has 1 fully saturated rings. The number of carbonyl (C=O) groups is 2. The number of hydrogen-bond donors (Lipinski definition) is 2. The van der Waals surface area contributed by atoms with Crippen molar-refractivity contribution in [3.63, 3.8) is 0 Å². The fourth-order valence-corrected chi connectivity index (χ4v) is 3.91. The molecule has 1 aliphatic rings. The summed E-state index contributed by atoms with van der Waals surface area (Å²) in [6.45, 7) is 3.52. The molecule has 0 saturated carbocycles. The van der Waals surface area contributed by atoms with E-state index in [4.69, 9.17) is 4.84 Å². The van der Waals surface area contributed by atoms with E-state index in [1.807, 2.05) is 0 Å². The normalized spacial score (nSPS) is 15.5. The van der Waals surface area contributed by atoms with Crippen molar-refractivity contribution < 1.29 is 14.4 Å². The molecule has 1 heterocycles. The molecule has 0 aliphatic carbocycles. The SMILES string of the molecule is CCCCCCCCCCCCCCCCCCNC(=O)ON=C1CCCCNC1=O. The lowest BCUT2D eigenvalue weighted by Crippen LogP contribution is -2.30. The van der Waals surface area contributed by atoms with Crippen LogP contribution in [0.1, 0.15) is 129 Å². The van der Waals surface area contributed by atoms with Crippen LogP contribution in [0.3, 0.4) is 0 Å². The summed E-state index contributed by atoms with van der Waals surface area (Å²) in [5.74, 6) is -0.233. The molecule has 0 aromatic carbocycles. The first-order chi connectivity index (χ1) is 15.2. The number of unbranched alkanes of at least 4 members (excludes halogenated alkanes) is 15. The monoisotopic (exact) mass is 437 g/mol. The number of oxime groups is 1. The van der Waals surface area contributed by atoms with Crippen LogP contribution in [-0.4, -0.2) is 30.8 Å². The Bertz CT molecular complexity index is 494. The van der Waals surface area contributed by atoms with E-state index in [0.717, 1.165) is 25.7 Å². The van der Waals surface area contributed by atoms with Crippen LogP contribution in [0.25, 0.3) is 0 Å². The van der Waals surface area contributed by atoms with Gasteiger partial charge in [0.15, 0.2) is 0 Å². The molecule has 2 amide bonds. The van der Waals surface area contributed by atoms with Gasteiger partial charge in [-0.1, -0.05) is 108 Å². The van der Waals surface area contributed by atoms with E-state index >= 15 is 0 Å². The molecule has 2 N–H and O–H groups in total. The van der Waals surface area contributed by atoms with Crippen molar-refractivity contribution in [2.45, 2.75) is 129 Å². The summed E-state index contributed by atoms with van der Waals surface area (Å²) >= 11 is 0. The molecule has 1 rings (SSSR count). The van der Waals surface area contributed by atoms with E-state index in [2.05, 4.69) is 22.7 Å². The van der Waals surface area contributed by atoms with Crippen molar-refractivity contribution in [3.8, 4) is 0 Å². The summed E-state index contributed by atoms with van der Waals surface area (Å²) in [5.41, 5.74) is 0.301. The number of hydrogen-bond acceptors (Lipinski definition) is 4. The van der Waals surface area contributed by atoms with E-state index < -0.39 is 6.09 Å². The van der Waals surface area contributed by atoms with Crippen LogP contribution in [0, 0.1) is 0 Å². The maximum absolute atomic E-state index is 11.7. The van der Waals surface area contributed by atoms with Gasteiger partial charge in [-0.3, -0.25) is 9.63 Å². The van der Waals surface area contributed by atoms with Gasteiger partial charge in [-0.05, 0) is 25.7 Å². The topological polar surface area (TPSA) is 79.8 Å². The molecule has 0 unspecified atom stereocenters. The van der Waals surface area contributed by atoms with Gasteiger partial charge in [0.1, 0.15) is 5.71 Å². The Balaban J connectivity index is 1.82. The van der Waals surface area contributed by atoms with Crippen molar-refractivity contribution >= 4 is 17.7 Å². The Kier molecular flexibility index (Phi) is 18.0. The molecule has 1 aliphatic heterocycles. The maximum atomic E-state index is 11.7. The highest BCUT2D eigenvalue weighted by Gasteiger charge is 2.15. The minimum atomic E-state index is -0.578. The van der Waals surface area contributed by atoms with Gasteiger partial charge in [-0.2, -0.15) is 0 Å². The van der Waals surface area contributed by atoms with Gasteiger partial charge in [-0.15, -0.1) is 0 Å². The summed E-state index contributed by atoms with van der Waals surface area (Å²) in [6, 6.07) is 0. The van der Waals surface area contributed by atoms with Gasteiger partial charge >= 0.3 is 6.09 Å². The summed E-state index contributed by atoms with van der Waals surface area (Å²) in [6.07, 6.45) is 23.1. The van der Waals surface area contributed by atoms with E-state index in [0.29, 0.717) is 25.2 Å². The van der Waals surface area contributed by atoms with Gasteiger partial charge < -0.3 is 10.6 Å². The maximum Gasteiger partial charge on any atom is 0.433 e. The molecule has 0 atom stereocenters. The number of nitrogens with one attached hydrogen (secondary N) is 2. The first-order valence-electron chi connectivity index (χ1n) is 13.0. The lowest BCUT2D eigenvalue weighted by atomic mass is 10.0. The molecular weight excluding hydrogens is 390 g/mol. The van der Waals surface area contributed by atoms with Gasteiger partial charge in [-0.25, -0.2) is 4.79 Å². The molecule has 0 radical (unpaired) electrons. The Morgan fingerprint density at radius 1 is 0.839 bits per heavy atom. The zero-order valence-corrected chi connectivity index (χ0v) is 20.0. The first-order valence-corrected chi connectivity index (χ1v) is 13.0. The van der Waals surface area contributed by atoms with Gasteiger partial charge in [0, 0.05) is 13.1 Å². The summed E-state index contributed by atoms with van der Waals surface area (Å²) in [7, 11) is 0. The summed E-state index contributed by atoms with van der Waals surface area (Å²) in [4.78, 5) is 28.2. The molecule has 0 spiro atoms. The molecule has 0 bridgehead atoms. The Morgan fingerprint density at radius 2 is 1.35 bits per heavy atom. The third-order valence-corrected chi connectivity index (χ3v) is 5.93. The van der Waals surface area contributed by atoms with Gasteiger partial charge in [0.05, 0.1) is 0 Å². The highest BCUT2D eigenvalue weighted by atomic mass is 16.7. The third kappa shape index (κ3) is 16.7. The smallest absolute Gasteiger partial charge is 0.351 e. The second-order valence-electron chi connectivity index (χ2n) is 8.86. The zero-order valence-electron chi connectivity index (χ0n) is 20.0. The van der Waals surface area contributed by atoms with Crippen LogP contribution in [0.5, 0.6) is 0 Å².